The van der Waals surface area contributed by atoms with Crippen LogP contribution in [0.1, 0.15) is 13.3 Å². The molecular formula is C13H27N3O. The van der Waals surface area contributed by atoms with Crippen LogP contribution in [0.3, 0.4) is 0 Å². The first-order valence-corrected chi connectivity index (χ1v) is 6.98. The van der Waals surface area contributed by atoms with Crippen molar-refractivity contribution in [3.63, 3.8) is 0 Å². The summed E-state index contributed by atoms with van der Waals surface area (Å²) < 4.78 is 5.39. The Morgan fingerprint density at radius 3 is 2.76 bits per heavy atom. The quantitative estimate of drug-likeness (QED) is 0.747. The smallest absolute Gasteiger partial charge is 0.0594 e. The molecule has 1 N–H and O–H groups in total. The molecule has 2 unspecified atom stereocenters. The van der Waals surface area contributed by atoms with Crippen LogP contribution in [0.4, 0.5) is 0 Å². The molecule has 0 bridgehead atoms. The topological polar surface area (TPSA) is 27.7 Å². The molecule has 0 radical (unpaired) electrons. The van der Waals surface area contributed by atoms with E-state index in [4.69, 9.17) is 4.74 Å². The highest BCUT2D eigenvalue weighted by Crippen LogP contribution is 2.18. The lowest BCUT2D eigenvalue weighted by atomic mass is 10.1. The summed E-state index contributed by atoms with van der Waals surface area (Å²) in [5.41, 5.74) is 0. The van der Waals surface area contributed by atoms with Crippen LogP contribution in [-0.2, 0) is 4.74 Å². The highest BCUT2D eigenvalue weighted by atomic mass is 16.5. The zero-order valence-corrected chi connectivity index (χ0v) is 11.3. The van der Waals surface area contributed by atoms with E-state index in [0.29, 0.717) is 6.04 Å². The van der Waals surface area contributed by atoms with E-state index in [-0.39, 0.29) is 0 Å². The van der Waals surface area contributed by atoms with Gasteiger partial charge in [0.15, 0.2) is 0 Å². The summed E-state index contributed by atoms with van der Waals surface area (Å²) in [6.45, 7) is 11.3. The van der Waals surface area contributed by atoms with Crippen molar-refractivity contribution in [3.05, 3.63) is 0 Å². The zero-order valence-electron chi connectivity index (χ0n) is 11.3. The lowest BCUT2D eigenvalue weighted by Crippen LogP contribution is -2.45. The largest absolute Gasteiger partial charge is 0.379 e. The molecule has 2 saturated heterocycles. The predicted octanol–water partition coefficient (Wildman–Crippen LogP) is 0.248. The average molecular weight is 241 g/mol. The summed E-state index contributed by atoms with van der Waals surface area (Å²) >= 11 is 0. The zero-order chi connectivity index (χ0) is 12.1. The van der Waals surface area contributed by atoms with Crippen LogP contribution >= 0.6 is 0 Å². The molecular weight excluding hydrogens is 214 g/mol. The third-order valence-electron chi connectivity index (χ3n) is 4.06. The lowest BCUT2D eigenvalue weighted by Gasteiger charge is -2.33. The van der Waals surface area contributed by atoms with E-state index in [9.17, 15) is 0 Å². The molecule has 0 aromatic carbocycles. The van der Waals surface area contributed by atoms with Gasteiger partial charge in [-0.1, -0.05) is 0 Å². The van der Waals surface area contributed by atoms with Gasteiger partial charge in [0.2, 0.25) is 0 Å². The first kappa shape index (κ1) is 13.3. The van der Waals surface area contributed by atoms with Crippen molar-refractivity contribution in [1.82, 2.24) is 15.1 Å². The Kier molecular flexibility index (Phi) is 5.22. The number of hydrogen-bond donors (Lipinski definition) is 1. The third kappa shape index (κ3) is 3.91. The minimum atomic E-state index is 0.690. The van der Waals surface area contributed by atoms with E-state index < -0.39 is 0 Å². The molecule has 0 amide bonds. The Morgan fingerprint density at radius 1 is 1.29 bits per heavy atom. The van der Waals surface area contributed by atoms with Crippen LogP contribution in [0, 0.1) is 5.92 Å². The Hall–Kier alpha value is -0.160. The van der Waals surface area contributed by atoms with E-state index in [1.165, 1.54) is 32.6 Å². The normalized spacial score (nSPS) is 29.6. The summed E-state index contributed by atoms with van der Waals surface area (Å²) in [6.07, 6.45) is 1.36. The number of ether oxygens (including phenoxy) is 1. The molecule has 0 spiro atoms. The number of nitrogens with one attached hydrogen (secondary N) is 1. The SMILES string of the molecule is CNCC1CCN(C(C)CN2CCOCC2)C1. The van der Waals surface area contributed by atoms with Crippen LogP contribution in [0.5, 0.6) is 0 Å². The second-order valence-electron chi connectivity index (χ2n) is 5.47. The van der Waals surface area contributed by atoms with Crippen molar-refractivity contribution in [3.8, 4) is 0 Å². The molecule has 2 aliphatic rings. The van der Waals surface area contributed by atoms with Gasteiger partial charge in [-0.05, 0) is 39.4 Å². The minimum Gasteiger partial charge on any atom is -0.379 e. The molecule has 2 rings (SSSR count). The van der Waals surface area contributed by atoms with Crippen LogP contribution in [0.2, 0.25) is 0 Å². The highest BCUT2D eigenvalue weighted by molar-refractivity contribution is 4.82. The number of nitrogens with zero attached hydrogens (tertiary/aromatic N) is 2. The van der Waals surface area contributed by atoms with Gasteiger partial charge >= 0.3 is 0 Å². The molecule has 17 heavy (non-hydrogen) atoms. The number of hydrogen-bond acceptors (Lipinski definition) is 4. The van der Waals surface area contributed by atoms with Crippen molar-refractivity contribution in [2.45, 2.75) is 19.4 Å². The van der Waals surface area contributed by atoms with Gasteiger partial charge in [-0.25, -0.2) is 0 Å². The predicted molar refractivity (Wildman–Crippen MR) is 70.3 cm³/mol. The van der Waals surface area contributed by atoms with Crippen molar-refractivity contribution < 1.29 is 4.74 Å². The second-order valence-corrected chi connectivity index (χ2v) is 5.47. The fraction of sp³-hybridized carbons (Fsp3) is 1.00. The van der Waals surface area contributed by atoms with Crippen LogP contribution < -0.4 is 5.32 Å². The molecule has 0 aromatic heterocycles. The summed E-state index contributed by atoms with van der Waals surface area (Å²) in [4.78, 5) is 5.19. The second kappa shape index (κ2) is 6.69. The fourth-order valence-electron chi connectivity index (χ4n) is 2.99. The van der Waals surface area contributed by atoms with Crippen molar-refractivity contribution in [2.24, 2.45) is 5.92 Å². The summed E-state index contributed by atoms with van der Waals surface area (Å²) in [6, 6.07) is 0.690. The van der Waals surface area contributed by atoms with Gasteiger partial charge in [0, 0.05) is 32.2 Å². The Labute approximate surface area is 105 Å². The number of rotatable bonds is 5. The Bertz CT molecular complexity index is 219. The number of likely N-dealkylation sites (tertiary alicyclic amines) is 1. The molecule has 4 nitrogen and oxygen atoms in total. The van der Waals surface area contributed by atoms with Crippen molar-refractivity contribution in [2.75, 3.05) is 59.5 Å². The fourth-order valence-corrected chi connectivity index (χ4v) is 2.99. The molecule has 2 atom stereocenters. The van der Waals surface area contributed by atoms with Gasteiger partial charge in [-0.3, -0.25) is 9.80 Å². The van der Waals surface area contributed by atoms with Crippen molar-refractivity contribution >= 4 is 0 Å². The lowest BCUT2D eigenvalue weighted by molar-refractivity contribution is 0.0263. The molecule has 100 valence electrons. The maximum atomic E-state index is 5.39. The standard InChI is InChI=1S/C13H27N3O/c1-12(10-15-5-7-17-8-6-15)16-4-3-13(11-16)9-14-2/h12-14H,3-11H2,1-2H3. The Balaban J connectivity index is 1.70. The first-order valence-electron chi connectivity index (χ1n) is 6.98. The van der Waals surface area contributed by atoms with E-state index in [1.807, 2.05) is 0 Å². The molecule has 4 heteroatoms. The molecule has 2 aliphatic heterocycles. The molecule has 0 saturated carbocycles. The van der Waals surface area contributed by atoms with Gasteiger partial charge < -0.3 is 10.1 Å². The summed E-state index contributed by atoms with van der Waals surface area (Å²) in [5, 5.41) is 3.30. The van der Waals surface area contributed by atoms with Crippen molar-refractivity contribution in [1.29, 1.82) is 0 Å². The van der Waals surface area contributed by atoms with E-state index in [2.05, 4.69) is 29.1 Å². The van der Waals surface area contributed by atoms with Gasteiger partial charge in [0.25, 0.3) is 0 Å². The van der Waals surface area contributed by atoms with Gasteiger partial charge in [-0.2, -0.15) is 0 Å². The third-order valence-corrected chi connectivity index (χ3v) is 4.06. The van der Waals surface area contributed by atoms with Gasteiger partial charge in [0.1, 0.15) is 0 Å². The summed E-state index contributed by atoms with van der Waals surface area (Å²) in [7, 11) is 2.06. The van der Waals surface area contributed by atoms with Crippen LogP contribution in [0.15, 0.2) is 0 Å². The maximum Gasteiger partial charge on any atom is 0.0594 e. The molecule has 2 heterocycles. The van der Waals surface area contributed by atoms with E-state index >= 15 is 0 Å². The van der Waals surface area contributed by atoms with E-state index in [1.54, 1.807) is 0 Å². The van der Waals surface area contributed by atoms with Crippen LogP contribution in [-0.4, -0.2) is 75.4 Å². The first-order chi connectivity index (χ1) is 8.29. The Morgan fingerprint density at radius 2 is 2.06 bits per heavy atom. The number of morpholine rings is 1. The maximum absolute atomic E-state index is 5.39. The van der Waals surface area contributed by atoms with Gasteiger partial charge in [-0.15, -0.1) is 0 Å². The molecule has 0 aliphatic carbocycles. The minimum absolute atomic E-state index is 0.690. The summed E-state index contributed by atoms with van der Waals surface area (Å²) in [5.74, 6) is 0.854. The van der Waals surface area contributed by atoms with E-state index in [0.717, 1.165) is 32.2 Å². The average Bonchev–Trinajstić information content (AvgIpc) is 2.79. The highest BCUT2D eigenvalue weighted by Gasteiger charge is 2.26. The molecule has 0 aromatic rings. The van der Waals surface area contributed by atoms with Gasteiger partial charge in [0.05, 0.1) is 13.2 Å². The monoisotopic (exact) mass is 241 g/mol. The molecule has 2 fully saturated rings. The van der Waals surface area contributed by atoms with Crippen LogP contribution in [0.25, 0.3) is 0 Å².